The number of aryl methyl sites for hydroxylation is 2. The molecule has 1 N–H and O–H groups in total. The van der Waals surface area contributed by atoms with Crippen LogP contribution in [0.15, 0.2) is 67.0 Å². The quantitative estimate of drug-likeness (QED) is 0.724. The summed E-state index contributed by atoms with van der Waals surface area (Å²) in [6.45, 7) is 0. The Morgan fingerprint density at radius 1 is 0.846 bits per heavy atom. The maximum atomic E-state index is 12.5. The van der Waals surface area contributed by atoms with Gasteiger partial charge in [0.05, 0.1) is 0 Å². The van der Waals surface area contributed by atoms with Gasteiger partial charge in [-0.25, -0.2) is 0 Å². The Bertz CT molecular complexity index is 905. The Morgan fingerprint density at radius 3 is 2.31 bits per heavy atom. The van der Waals surface area contributed by atoms with Gasteiger partial charge in [0.25, 0.3) is 5.91 Å². The van der Waals surface area contributed by atoms with Gasteiger partial charge in [-0.2, -0.15) is 0 Å². The maximum absolute atomic E-state index is 12.5. The van der Waals surface area contributed by atoms with Crippen molar-refractivity contribution in [3.05, 3.63) is 83.7 Å². The minimum atomic E-state index is -0.0822. The van der Waals surface area contributed by atoms with E-state index in [1.165, 1.54) is 24.0 Å². The number of hydrogen-bond donors (Lipinski definition) is 1. The van der Waals surface area contributed by atoms with E-state index in [4.69, 9.17) is 4.74 Å². The Labute approximate surface area is 152 Å². The zero-order valence-electron chi connectivity index (χ0n) is 14.4. The SMILES string of the molecule is O=C(Nc1ccc(Oc2ccncc2)cc1)c1ccc2c(c1)CCCC2. The number of carbonyl (C=O) groups excluding carboxylic acids is 1. The number of benzene rings is 2. The van der Waals surface area contributed by atoms with Crippen molar-refractivity contribution in [1.82, 2.24) is 4.98 Å². The van der Waals surface area contributed by atoms with E-state index in [-0.39, 0.29) is 5.91 Å². The zero-order chi connectivity index (χ0) is 17.8. The molecule has 0 radical (unpaired) electrons. The van der Waals surface area contributed by atoms with Gasteiger partial charge >= 0.3 is 0 Å². The van der Waals surface area contributed by atoms with Crippen LogP contribution in [0, 0.1) is 0 Å². The zero-order valence-corrected chi connectivity index (χ0v) is 14.4. The van der Waals surface area contributed by atoms with Crippen LogP contribution in [0.4, 0.5) is 5.69 Å². The van der Waals surface area contributed by atoms with Gasteiger partial charge in [-0.1, -0.05) is 6.07 Å². The maximum Gasteiger partial charge on any atom is 0.255 e. The van der Waals surface area contributed by atoms with Gasteiger partial charge in [0.2, 0.25) is 0 Å². The molecule has 1 amide bonds. The molecular formula is C22H20N2O2. The highest BCUT2D eigenvalue weighted by Gasteiger charge is 2.13. The first-order valence-corrected chi connectivity index (χ1v) is 8.89. The lowest BCUT2D eigenvalue weighted by molar-refractivity contribution is 0.102. The highest BCUT2D eigenvalue weighted by atomic mass is 16.5. The van der Waals surface area contributed by atoms with Crippen molar-refractivity contribution in [3.63, 3.8) is 0 Å². The van der Waals surface area contributed by atoms with Crippen molar-refractivity contribution >= 4 is 11.6 Å². The van der Waals surface area contributed by atoms with Crippen LogP contribution < -0.4 is 10.1 Å². The Kier molecular flexibility index (Phi) is 4.65. The van der Waals surface area contributed by atoms with E-state index in [0.29, 0.717) is 11.3 Å². The minimum absolute atomic E-state index is 0.0822. The standard InChI is InChI=1S/C22H20N2O2/c25-22(18-6-5-16-3-1-2-4-17(16)15-18)24-19-7-9-20(10-8-19)26-21-11-13-23-14-12-21/h5-15H,1-4H2,(H,24,25). The molecule has 0 fully saturated rings. The molecule has 2 aromatic carbocycles. The number of ether oxygens (including phenoxy) is 1. The summed E-state index contributed by atoms with van der Waals surface area (Å²) < 4.78 is 5.73. The monoisotopic (exact) mass is 344 g/mol. The van der Waals surface area contributed by atoms with E-state index in [2.05, 4.69) is 16.4 Å². The van der Waals surface area contributed by atoms with E-state index in [9.17, 15) is 4.79 Å². The summed E-state index contributed by atoms with van der Waals surface area (Å²) in [5.41, 5.74) is 4.15. The van der Waals surface area contributed by atoms with Gasteiger partial charge < -0.3 is 10.1 Å². The highest BCUT2D eigenvalue weighted by Crippen LogP contribution is 2.24. The summed E-state index contributed by atoms with van der Waals surface area (Å²) >= 11 is 0. The number of pyridine rings is 1. The number of hydrogen-bond acceptors (Lipinski definition) is 3. The largest absolute Gasteiger partial charge is 0.457 e. The molecule has 130 valence electrons. The molecule has 1 heterocycles. The molecule has 0 bridgehead atoms. The second-order valence-electron chi connectivity index (χ2n) is 6.45. The normalized spacial score (nSPS) is 12.9. The van der Waals surface area contributed by atoms with Gasteiger partial charge in [0.1, 0.15) is 11.5 Å². The number of fused-ring (bicyclic) bond motifs is 1. The molecule has 1 aromatic heterocycles. The van der Waals surface area contributed by atoms with Crippen LogP contribution in [0.3, 0.4) is 0 Å². The predicted molar refractivity (Wildman–Crippen MR) is 102 cm³/mol. The number of nitrogens with zero attached hydrogens (tertiary/aromatic N) is 1. The van der Waals surface area contributed by atoms with Crippen LogP contribution in [0.25, 0.3) is 0 Å². The summed E-state index contributed by atoms with van der Waals surface area (Å²) in [5, 5.41) is 2.95. The lowest BCUT2D eigenvalue weighted by Gasteiger charge is -2.16. The van der Waals surface area contributed by atoms with E-state index in [1.807, 2.05) is 36.4 Å². The highest BCUT2D eigenvalue weighted by molar-refractivity contribution is 6.04. The van der Waals surface area contributed by atoms with Crippen molar-refractivity contribution in [1.29, 1.82) is 0 Å². The van der Waals surface area contributed by atoms with E-state index in [1.54, 1.807) is 24.5 Å². The van der Waals surface area contributed by atoms with Crippen LogP contribution in [0.1, 0.15) is 34.3 Å². The molecule has 0 spiro atoms. The fourth-order valence-electron chi connectivity index (χ4n) is 3.23. The van der Waals surface area contributed by atoms with Gasteiger partial charge in [0.15, 0.2) is 0 Å². The number of aromatic nitrogens is 1. The average molecular weight is 344 g/mol. The molecule has 4 heteroatoms. The molecule has 1 aliphatic carbocycles. The van der Waals surface area contributed by atoms with Gasteiger partial charge in [-0.15, -0.1) is 0 Å². The van der Waals surface area contributed by atoms with Crippen LogP contribution in [0.5, 0.6) is 11.5 Å². The summed E-state index contributed by atoms with van der Waals surface area (Å²) in [6.07, 6.45) is 8.00. The Hall–Kier alpha value is -3.14. The van der Waals surface area contributed by atoms with Crippen LogP contribution >= 0.6 is 0 Å². The van der Waals surface area contributed by atoms with Crippen molar-refractivity contribution < 1.29 is 9.53 Å². The van der Waals surface area contributed by atoms with Crippen LogP contribution in [-0.2, 0) is 12.8 Å². The number of amides is 1. The second-order valence-corrected chi connectivity index (χ2v) is 6.45. The van der Waals surface area contributed by atoms with Gasteiger partial charge in [-0.3, -0.25) is 9.78 Å². The third-order valence-corrected chi connectivity index (χ3v) is 4.61. The average Bonchev–Trinajstić information content (AvgIpc) is 2.70. The van der Waals surface area contributed by atoms with Gasteiger partial charge in [-0.05, 0) is 85.3 Å². The number of rotatable bonds is 4. The molecule has 4 nitrogen and oxygen atoms in total. The Morgan fingerprint density at radius 2 is 1.54 bits per heavy atom. The van der Waals surface area contributed by atoms with Gasteiger partial charge in [0, 0.05) is 23.6 Å². The molecule has 0 atom stereocenters. The molecule has 26 heavy (non-hydrogen) atoms. The number of carbonyl (C=O) groups is 1. The summed E-state index contributed by atoms with van der Waals surface area (Å²) in [6, 6.07) is 17.0. The lowest BCUT2D eigenvalue weighted by atomic mass is 9.90. The smallest absolute Gasteiger partial charge is 0.255 e. The molecule has 3 aromatic rings. The third-order valence-electron chi connectivity index (χ3n) is 4.61. The third kappa shape index (κ3) is 3.75. The van der Waals surface area contributed by atoms with Crippen molar-refractivity contribution in [2.45, 2.75) is 25.7 Å². The summed E-state index contributed by atoms with van der Waals surface area (Å²) in [5.74, 6) is 1.36. The first kappa shape index (κ1) is 16.3. The van der Waals surface area contributed by atoms with Crippen molar-refractivity contribution in [2.24, 2.45) is 0 Å². The molecule has 0 unspecified atom stereocenters. The number of anilines is 1. The predicted octanol–water partition coefficient (Wildman–Crippen LogP) is 5.01. The van der Waals surface area contributed by atoms with Crippen molar-refractivity contribution in [3.8, 4) is 11.5 Å². The topological polar surface area (TPSA) is 51.2 Å². The van der Waals surface area contributed by atoms with E-state index >= 15 is 0 Å². The lowest BCUT2D eigenvalue weighted by Crippen LogP contribution is -2.13. The van der Waals surface area contributed by atoms with E-state index in [0.717, 1.165) is 24.3 Å². The fourth-order valence-corrected chi connectivity index (χ4v) is 3.23. The summed E-state index contributed by atoms with van der Waals surface area (Å²) in [4.78, 5) is 16.5. The molecule has 0 saturated carbocycles. The first-order valence-electron chi connectivity index (χ1n) is 8.89. The first-order chi connectivity index (χ1) is 12.8. The molecule has 0 saturated heterocycles. The van der Waals surface area contributed by atoms with Crippen molar-refractivity contribution in [2.75, 3.05) is 5.32 Å². The molecule has 0 aliphatic heterocycles. The van der Waals surface area contributed by atoms with Crippen LogP contribution in [0.2, 0.25) is 0 Å². The Balaban J connectivity index is 1.43. The second kappa shape index (κ2) is 7.40. The summed E-state index contributed by atoms with van der Waals surface area (Å²) in [7, 11) is 0. The molecular weight excluding hydrogens is 324 g/mol. The molecule has 1 aliphatic rings. The van der Waals surface area contributed by atoms with E-state index < -0.39 is 0 Å². The fraction of sp³-hybridized carbons (Fsp3) is 0.182. The minimum Gasteiger partial charge on any atom is -0.457 e. The molecule has 4 rings (SSSR count). The number of nitrogens with one attached hydrogen (secondary N) is 1. The van der Waals surface area contributed by atoms with Crippen LogP contribution in [-0.4, -0.2) is 10.9 Å².